The summed E-state index contributed by atoms with van der Waals surface area (Å²) in [5, 5.41) is 6.57. The van der Waals surface area contributed by atoms with Gasteiger partial charge in [-0.2, -0.15) is 0 Å². The highest BCUT2D eigenvalue weighted by molar-refractivity contribution is 14.0. The third kappa shape index (κ3) is 9.23. The number of hydrogen-bond acceptors (Lipinski definition) is 3. The lowest BCUT2D eigenvalue weighted by Crippen LogP contribution is -2.39. The quantitative estimate of drug-likeness (QED) is 0.234. The summed E-state index contributed by atoms with van der Waals surface area (Å²) in [5.74, 6) is 2.35. The summed E-state index contributed by atoms with van der Waals surface area (Å²) in [6.45, 7) is 10.8. The van der Waals surface area contributed by atoms with Crippen LogP contribution in [0.2, 0.25) is 0 Å². The van der Waals surface area contributed by atoms with Gasteiger partial charge < -0.3 is 19.9 Å². The van der Waals surface area contributed by atoms with Gasteiger partial charge in [0.05, 0.1) is 13.2 Å². The van der Waals surface area contributed by atoms with Crippen LogP contribution in [0.5, 0.6) is 0 Å². The Morgan fingerprint density at radius 2 is 2.00 bits per heavy atom. The fourth-order valence-electron chi connectivity index (χ4n) is 2.55. The van der Waals surface area contributed by atoms with Crippen LogP contribution < -0.4 is 10.6 Å². The van der Waals surface area contributed by atoms with Crippen molar-refractivity contribution in [3.05, 3.63) is 54.1 Å². The van der Waals surface area contributed by atoms with Crippen LogP contribution >= 0.6 is 24.0 Å². The minimum atomic E-state index is 0. The zero-order valence-corrected chi connectivity index (χ0v) is 18.8. The van der Waals surface area contributed by atoms with Crippen LogP contribution in [0.4, 0.5) is 0 Å². The average molecular weight is 485 g/mol. The van der Waals surface area contributed by atoms with Crippen molar-refractivity contribution in [2.75, 3.05) is 19.7 Å². The Kier molecular flexibility index (Phi) is 11.8. The summed E-state index contributed by atoms with van der Waals surface area (Å²) in [6, 6.07) is 10.2. The maximum Gasteiger partial charge on any atom is 0.191 e. The molecule has 0 unspecified atom stereocenters. The molecule has 0 atom stereocenters. The van der Waals surface area contributed by atoms with Crippen molar-refractivity contribution in [3.63, 3.8) is 0 Å². The van der Waals surface area contributed by atoms with Gasteiger partial charge in [-0.3, -0.25) is 0 Å². The summed E-state index contributed by atoms with van der Waals surface area (Å²) >= 11 is 0. The molecule has 0 bridgehead atoms. The van der Waals surface area contributed by atoms with Gasteiger partial charge in [-0.25, -0.2) is 9.98 Å². The molecule has 0 aliphatic rings. The number of rotatable bonds is 10. The fraction of sp³-hybridized carbons (Fsp3) is 0.500. The molecule has 0 saturated heterocycles. The number of nitrogens with one attached hydrogen (secondary N) is 2. The molecule has 1 aromatic heterocycles. The molecule has 0 amide bonds. The Bertz CT molecular complexity index is 657. The van der Waals surface area contributed by atoms with Gasteiger partial charge >= 0.3 is 0 Å². The van der Waals surface area contributed by atoms with Crippen LogP contribution in [-0.4, -0.2) is 35.2 Å². The number of aliphatic imine (C=N–C) groups is 1. The SMILES string of the molecule is CCNC(=NCc1nccn1CC(C)C)NCCOCc1ccccc1.I. The number of benzene rings is 1. The number of aromatic nitrogens is 2. The second-order valence-electron chi connectivity index (χ2n) is 6.55. The number of hydrogen-bond donors (Lipinski definition) is 2. The van der Waals surface area contributed by atoms with Gasteiger partial charge in [0.25, 0.3) is 0 Å². The first-order valence-electron chi connectivity index (χ1n) is 9.33. The molecule has 1 heterocycles. The summed E-state index contributed by atoms with van der Waals surface area (Å²) in [4.78, 5) is 9.06. The molecule has 0 saturated carbocycles. The maximum absolute atomic E-state index is 5.70. The number of halogens is 1. The van der Waals surface area contributed by atoms with Crippen LogP contribution in [0.3, 0.4) is 0 Å². The normalized spacial score (nSPS) is 11.3. The first kappa shape index (κ1) is 23.4. The molecule has 6 nitrogen and oxygen atoms in total. The van der Waals surface area contributed by atoms with Gasteiger partial charge in [-0.15, -0.1) is 24.0 Å². The van der Waals surface area contributed by atoms with E-state index in [-0.39, 0.29) is 24.0 Å². The molecule has 2 aromatic rings. The third-order valence-corrected chi connectivity index (χ3v) is 3.74. The lowest BCUT2D eigenvalue weighted by atomic mass is 10.2. The van der Waals surface area contributed by atoms with E-state index < -0.39 is 0 Å². The van der Waals surface area contributed by atoms with E-state index in [0.717, 1.165) is 24.9 Å². The smallest absolute Gasteiger partial charge is 0.191 e. The van der Waals surface area contributed by atoms with Crippen molar-refractivity contribution in [1.82, 2.24) is 20.2 Å². The highest BCUT2D eigenvalue weighted by Gasteiger charge is 2.05. The van der Waals surface area contributed by atoms with Gasteiger partial charge in [0.1, 0.15) is 12.4 Å². The molecule has 27 heavy (non-hydrogen) atoms. The Hall–Kier alpha value is -1.61. The lowest BCUT2D eigenvalue weighted by molar-refractivity contribution is 0.125. The second-order valence-corrected chi connectivity index (χ2v) is 6.55. The Balaban J connectivity index is 0.00000364. The molecule has 0 aliphatic heterocycles. The standard InChI is InChI=1S/C20H31N5O.HI/c1-4-21-20(23-11-13-26-16-18-8-6-5-7-9-18)24-14-19-22-10-12-25(19)15-17(2)3;/h5-10,12,17H,4,11,13-16H2,1-3H3,(H2,21,23,24);1H. The summed E-state index contributed by atoms with van der Waals surface area (Å²) in [7, 11) is 0. The largest absolute Gasteiger partial charge is 0.375 e. The van der Waals surface area contributed by atoms with E-state index in [1.54, 1.807) is 0 Å². The zero-order valence-electron chi connectivity index (χ0n) is 16.5. The minimum Gasteiger partial charge on any atom is -0.375 e. The van der Waals surface area contributed by atoms with Crippen molar-refractivity contribution in [2.45, 2.75) is 40.5 Å². The minimum absolute atomic E-state index is 0. The Morgan fingerprint density at radius 1 is 1.22 bits per heavy atom. The Labute approximate surface area is 179 Å². The van der Waals surface area contributed by atoms with E-state index in [0.29, 0.717) is 32.2 Å². The first-order valence-corrected chi connectivity index (χ1v) is 9.33. The van der Waals surface area contributed by atoms with E-state index in [2.05, 4.69) is 58.1 Å². The van der Waals surface area contributed by atoms with Gasteiger partial charge in [-0.1, -0.05) is 44.2 Å². The van der Waals surface area contributed by atoms with E-state index in [1.807, 2.05) is 30.6 Å². The number of guanidine groups is 1. The number of ether oxygens (including phenoxy) is 1. The molecule has 0 radical (unpaired) electrons. The average Bonchev–Trinajstić information content (AvgIpc) is 3.06. The Morgan fingerprint density at radius 3 is 2.70 bits per heavy atom. The summed E-state index contributed by atoms with van der Waals surface area (Å²) < 4.78 is 7.87. The number of imidazole rings is 1. The van der Waals surface area contributed by atoms with Crippen LogP contribution in [0.1, 0.15) is 32.2 Å². The zero-order chi connectivity index (χ0) is 18.6. The van der Waals surface area contributed by atoms with E-state index in [1.165, 1.54) is 5.56 Å². The summed E-state index contributed by atoms with van der Waals surface area (Å²) in [6.07, 6.45) is 3.85. The van der Waals surface area contributed by atoms with E-state index >= 15 is 0 Å². The summed E-state index contributed by atoms with van der Waals surface area (Å²) in [5.41, 5.74) is 1.19. The molecular formula is C20H32IN5O. The van der Waals surface area contributed by atoms with Gasteiger partial charge in [-0.05, 0) is 18.4 Å². The van der Waals surface area contributed by atoms with E-state index in [4.69, 9.17) is 4.74 Å². The van der Waals surface area contributed by atoms with Crippen molar-refractivity contribution in [1.29, 1.82) is 0 Å². The van der Waals surface area contributed by atoms with Gasteiger partial charge in [0.15, 0.2) is 5.96 Å². The van der Waals surface area contributed by atoms with Crippen LogP contribution in [0.25, 0.3) is 0 Å². The predicted molar refractivity (Wildman–Crippen MR) is 121 cm³/mol. The monoisotopic (exact) mass is 485 g/mol. The van der Waals surface area contributed by atoms with Crippen LogP contribution in [0.15, 0.2) is 47.7 Å². The highest BCUT2D eigenvalue weighted by atomic mass is 127. The maximum atomic E-state index is 5.70. The van der Waals surface area contributed by atoms with Crippen molar-refractivity contribution in [2.24, 2.45) is 10.9 Å². The molecule has 0 fully saturated rings. The number of nitrogens with zero attached hydrogens (tertiary/aromatic N) is 3. The predicted octanol–water partition coefficient (Wildman–Crippen LogP) is 3.43. The fourth-order valence-corrected chi connectivity index (χ4v) is 2.55. The van der Waals surface area contributed by atoms with Gasteiger partial charge in [0.2, 0.25) is 0 Å². The third-order valence-electron chi connectivity index (χ3n) is 3.74. The second kappa shape index (κ2) is 13.5. The van der Waals surface area contributed by atoms with Crippen molar-refractivity contribution < 1.29 is 4.74 Å². The van der Waals surface area contributed by atoms with Gasteiger partial charge in [0, 0.05) is 32.0 Å². The lowest BCUT2D eigenvalue weighted by Gasteiger charge is -2.12. The molecule has 2 N–H and O–H groups in total. The topological polar surface area (TPSA) is 63.5 Å². The van der Waals surface area contributed by atoms with Crippen molar-refractivity contribution in [3.8, 4) is 0 Å². The van der Waals surface area contributed by atoms with Crippen LogP contribution in [0, 0.1) is 5.92 Å². The molecule has 0 spiro atoms. The molecule has 1 aromatic carbocycles. The van der Waals surface area contributed by atoms with Crippen molar-refractivity contribution >= 4 is 29.9 Å². The molecular weight excluding hydrogens is 453 g/mol. The molecule has 7 heteroatoms. The van der Waals surface area contributed by atoms with E-state index in [9.17, 15) is 0 Å². The molecule has 150 valence electrons. The molecule has 0 aliphatic carbocycles. The highest BCUT2D eigenvalue weighted by Crippen LogP contribution is 2.05. The first-order chi connectivity index (χ1) is 12.7. The van der Waals surface area contributed by atoms with Crippen LogP contribution in [-0.2, 0) is 24.4 Å². The molecule has 2 rings (SSSR count).